The van der Waals surface area contributed by atoms with Crippen LogP contribution in [0.1, 0.15) is 16.5 Å². The van der Waals surface area contributed by atoms with Crippen molar-refractivity contribution in [1.82, 2.24) is 5.32 Å². The van der Waals surface area contributed by atoms with Gasteiger partial charge in [-0.15, -0.1) is 11.3 Å². The molecular formula is C14H13FN2O3S. The molecule has 7 heteroatoms. The number of nitrogens with one attached hydrogen (secondary N) is 2. The van der Waals surface area contributed by atoms with E-state index in [1.54, 1.807) is 30.5 Å². The number of carbonyl (C=O) groups is 2. The lowest BCUT2D eigenvalue weighted by atomic mass is 10.2. The Balaban J connectivity index is 2.12. The maximum atomic E-state index is 13.6. The molecule has 21 heavy (non-hydrogen) atoms. The largest absolute Gasteiger partial charge is 0.479 e. The van der Waals surface area contributed by atoms with Gasteiger partial charge in [0.05, 0.1) is 5.69 Å². The van der Waals surface area contributed by atoms with Gasteiger partial charge in [0.25, 0.3) is 0 Å². The quantitative estimate of drug-likeness (QED) is 0.812. The zero-order valence-corrected chi connectivity index (χ0v) is 11.9. The molecule has 0 radical (unpaired) electrons. The van der Waals surface area contributed by atoms with Gasteiger partial charge in [0.1, 0.15) is 5.82 Å². The van der Waals surface area contributed by atoms with E-state index in [1.165, 1.54) is 23.5 Å². The van der Waals surface area contributed by atoms with Gasteiger partial charge < -0.3 is 15.7 Å². The standard InChI is InChI=1S/C14H13FN2O3S/c1-8-4-2-5-9(15)11(8)16-14(20)17-12(13(18)19)10-6-3-7-21-10/h2-7,12H,1H3,(H,18,19)(H2,16,17,20). The van der Waals surface area contributed by atoms with Crippen LogP contribution in [-0.2, 0) is 4.79 Å². The number of carbonyl (C=O) groups excluding carboxylic acids is 1. The van der Waals surface area contributed by atoms with Crippen molar-refractivity contribution in [3.05, 3.63) is 52.0 Å². The zero-order valence-electron chi connectivity index (χ0n) is 11.1. The Morgan fingerprint density at radius 2 is 2.05 bits per heavy atom. The molecule has 110 valence electrons. The number of aryl methyl sites for hydroxylation is 1. The second kappa shape index (κ2) is 6.36. The molecule has 0 bridgehead atoms. The fraction of sp³-hybridized carbons (Fsp3) is 0.143. The van der Waals surface area contributed by atoms with E-state index in [9.17, 15) is 14.0 Å². The molecule has 3 N–H and O–H groups in total. The Labute approximate surface area is 124 Å². The number of halogens is 1. The molecule has 0 saturated carbocycles. The molecule has 1 aromatic heterocycles. The number of thiophene rings is 1. The lowest BCUT2D eigenvalue weighted by molar-refractivity contribution is -0.139. The summed E-state index contributed by atoms with van der Waals surface area (Å²) in [6, 6.07) is 5.75. The lowest BCUT2D eigenvalue weighted by Gasteiger charge is -2.15. The third-order valence-corrected chi connectivity index (χ3v) is 3.75. The number of rotatable bonds is 4. The number of carboxylic acid groups (broad SMARTS) is 1. The highest BCUT2D eigenvalue weighted by Crippen LogP contribution is 2.21. The molecule has 0 aliphatic heterocycles. The number of anilines is 1. The fourth-order valence-electron chi connectivity index (χ4n) is 1.78. The molecule has 0 spiro atoms. The van der Waals surface area contributed by atoms with Gasteiger partial charge in [0.15, 0.2) is 6.04 Å². The number of aliphatic carboxylic acids is 1. The van der Waals surface area contributed by atoms with E-state index < -0.39 is 23.9 Å². The summed E-state index contributed by atoms with van der Waals surface area (Å²) in [6.07, 6.45) is 0. The molecule has 1 atom stereocenters. The van der Waals surface area contributed by atoms with Crippen LogP contribution in [-0.4, -0.2) is 17.1 Å². The summed E-state index contributed by atoms with van der Waals surface area (Å²) in [6.45, 7) is 1.65. The molecule has 0 fully saturated rings. The van der Waals surface area contributed by atoms with Gasteiger partial charge in [-0.2, -0.15) is 0 Å². The first-order chi connectivity index (χ1) is 9.99. The number of benzene rings is 1. The van der Waals surface area contributed by atoms with E-state index >= 15 is 0 Å². The molecular weight excluding hydrogens is 295 g/mol. The Morgan fingerprint density at radius 1 is 1.29 bits per heavy atom. The van der Waals surface area contributed by atoms with Gasteiger partial charge >= 0.3 is 12.0 Å². The van der Waals surface area contributed by atoms with Crippen LogP contribution in [0.25, 0.3) is 0 Å². The van der Waals surface area contributed by atoms with Crippen LogP contribution in [0.2, 0.25) is 0 Å². The molecule has 0 saturated heterocycles. The van der Waals surface area contributed by atoms with Gasteiger partial charge in [0, 0.05) is 4.88 Å². The van der Waals surface area contributed by atoms with Crippen molar-refractivity contribution in [2.24, 2.45) is 0 Å². The van der Waals surface area contributed by atoms with E-state index in [2.05, 4.69) is 10.6 Å². The number of carboxylic acids is 1. The minimum atomic E-state index is -1.18. The molecule has 2 rings (SSSR count). The van der Waals surface area contributed by atoms with Crippen molar-refractivity contribution in [1.29, 1.82) is 0 Å². The van der Waals surface area contributed by atoms with Crippen molar-refractivity contribution in [3.8, 4) is 0 Å². The third kappa shape index (κ3) is 3.57. The van der Waals surface area contributed by atoms with Crippen LogP contribution in [0.15, 0.2) is 35.7 Å². The predicted octanol–water partition coefficient (Wildman–Crippen LogP) is 3.14. The van der Waals surface area contributed by atoms with E-state index in [0.717, 1.165) is 0 Å². The van der Waals surface area contributed by atoms with Crippen molar-refractivity contribution in [3.63, 3.8) is 0 Å². The van der Waals surface area contributed by atoms with Gasteiger partial charge in [-0.3, -0.25) is 0 Å². The van der Waals surface area contributed by atoms with Crippen molar-refractivity contribution in [2.75, 3.05) is 5.32 Å². The first-order valence-corrected chi connectivity index (χ1v) is 6.96. The summed E-state index contributed by atoms with van der Waals surface area (Å²) in [5.41, 5.74) is 0.582. The van der Waals surface area contributed by atoms with Gasteiger partial charge in [-0.1, -0.05) is 18.2 Å². The van der Waals surface area contributed by atoms with Gasteiger partial charge in [-0.25, -0.2) is 14.0 Å². The monoisotopic (exact) mass is 308 g/mol. The number of urea groups is 1. The summed E-state index contributed by atoms with van der Waals surface area (Å²) in [5, 5.41) is 15.5. The average molecular weight is 308 g/mol. The Hall–Kier alpha value is -2.41. The Kier molecular flexibility index (Phi) is 4.54. The molecule has 5 nitrogen and oxygen atoms in total. The SMILES string of the molecule is Cc1cccc(F)c1NC(=O)NC(C(=O)O)c1cccs1. The topological polar surface area (TPSA) is 78.4 Å². The number of para-hydroxylation sites is 1. The smallest absolute Gasteiger partial charge is 0.331 e. The highest BCUT2D eigenvalue weighted by Gasteiger charge is 2.23. The molecule has 1 heterocycles. The maximum Gasteiger partial charge on any atom is 0.331 e. The van der Waals surface area contributed by atoms with Crippen LogP contribution in [0.4, 0.5) is 14.9 Å². The van der Waals surface area contributed by atoms with E-state index in [0.29, 0.717) is 10.4 Å². The van der Waals surface area contributed by atoms with E-state index in [1.807, 2.05) is 0 Å². The van der Waals surface area contributed by atoms with Crippen LogP contribution in [0, 0.1) is 12.7 Å². The predicted molar refractivity (Wildman–Crippen MR) is 78.0 cm³/mol. The first-order valence-electron chi connectivity index (χ1n) is 6.08. The normalized spacial score (nSPS) is 11.7. The second-order valence-corrected chi connectivity index (χ2v) is 5.30. The number of hydrogen-bond acceptors (Lipinski definition) is 3. The molecule has 0 aliphatic rings. The number of amides is 2. The Bertz CT molecular complexity index is 638. The second-order valence-electron chi connectivity index (χ2n) is 4.32. The van der Waals surface area contributed by atoms with Crippen molar-refractivity contribution < 1.29 is 19.1 Å². The highest BCUT2D eigenvalue weighted by atomic mass is 32.1. The summed E-state index contributed by atoms with van der Waals surface area (Å²) >= 11 is 1.22. The highest BCUT2D eigenvalue weighted by molar-refractivity contribution is 7.10. The lowest BCUT2D eigenvalue weighted by Crippen LogP contribution is -2.36. The zero-order chi connectivity index (χ0) is 15.4. The molecule has 1 unspecified atom stereocenters. The van der Waals surface area contributed by atoms with Crippen LogP contribution in [0.5, 0.6) is 0 Å². The number of hydrogen-bond donors (Lipinski definition) is 3. The van der Waals surface area contributed by atoms with Crippen LogP contribution >= 0.6 is 11.3 Å². The third-order valence-electron chi connectivity index (χ3n) is 2.81. The van der Waals surface area contributed by atoms with Gasteiger partial charge in [0.2, 0.25) is 0 Å². The minimum Gasteiger partial charge on any atom is -0.479 e. The van der Waals surface area contributed by atoms with Gasteiger partial charge in [-0.05, 0) is 30.0 Å². The van der Waals surface area contributed by atoms with E-state index in [4.69, 9.17) is 5.11 Å². The fourth-order valence-corrected chi connectivity index (χ4v) is 2.55. The maximum absolute atomic E-state index is 13.6. The van der Waals surface area contributed by atoms with Crippen LogP contribution < -0.4 is 10.6 Å². The molecule has 0 aliphatic carbocycles. The molecule has 2 aromatic rings. The van der Waals surface area contributed by atoms with Crippen LogP contribution in [0.3, 0.4) is 0 Å². The van der Waals surface area contributed by atoms with E-state index in [-0.39, 0.29) is 5.69 Å². The summed E-state index contributed by atoms with van der Waals surface area (Å²) in [4.78, 5) is 23.6. The summed E-state index contributed by atoms with van der Waals surface area (Å²) in [5.74, 6) is -1.76. The van der Waals surface area contributed by atoms with Crippen molar-refractivity contribution >= 4 is 29.0 Å². The first kappa shape index (κ1) is 15.0. The summed E-state index contributed by atoms with van der Waals surface area (Å²) in [7, 11) is 0. The average Bonchev–Trinajstić information content (AvgIpc) is 2.94. The molecule has 2 amide bonds. The summed E-state index contributed by atoms with van der Waals surface area (Å²) < 4.78 is 13.6. The molecule has 1 aromatic carbocycles. The Morgan fingerprint density at radius 3 is 2.62 bits per heavy atom. The minimum absolute atomic E-state index is 0.0327. The van der Waals surface area contributed by atoms with Crippen molar-refractivity contribution in [2.45, 2.75) is 13.0 Å².